The van der Waals surface area contributed by atoms with E-state index in [-0.39, 0.29) is 47.3 Å². The fourth-order valence-corrected chi connectivity index (χ4v) is 40.7. The van der Waals surface area contributed by atoms with Crippen LogP contribution in [0.5, 0.6) is 0 Å². The van der Waals surface area contributed by atoms with Gasteiger partial charge in [-0.3, -0.25) is 0 Å². The minimum Gasteiger partial charge on any atom is -0.353 e. The van der Waals surface area contributed by atoms with Crippen molar-refractivity contribution in [1.29, 1.82) is 0 Å². The van der Waals surface area contributed by atoms with E-state index in [0.29, 0.717) is 0 Å². The molecule has 0 spiro atoms. The summed E-state index contributed by atoms with van der Waals surface area (Å²) in [6.07, 6.45) is 12.9. The highest BCUT2D eigenvalue weighted by atomic mass is 28.5. The molecular weight excluding hydrogens is 1710 g/mol. The summed E-state index contributed by atoms with van der Waals surface area (Å²) in [6.45, 7) is 37.4. The summed E-state index contributed by atoms with van der Waals surface area (Å²) in [5.41, 5.74) is 59.7. The van der Waals surface area contributed by atoms with E-state index in [1.165, 1.54) is 112 Å². The van der Waals surface area contributed by atoms with Crippen molar-refractivity contribution in [3.63, 3.8) is 0 Å². The van der Waals surface area contributed by atoms with Gasteiger partial charge in [-0.25, -0.2) is 0 Å². The molecule has 12 aromatic rings. The first-order valence-corrected chi connectivity index (χ1v) is 57.7. The summed E-state index contributed by atoms with van der Waals surface area (Å²) in [6, 6.07) is 114. The van der Waals surface area contributed by atoms with E-state index in [9.17, 15) is 0 Å². The summed E-state index contributed by atoms with van der Waals surface area (Å²) in [4.78, 5) is 0. The molecule has 8 heteroatoms. The normalized spacial score (nSPS) is 13.4. The van der Waals surface area contributed by atoms with Gasteiger partial charge in [-0.05, 0) is 188 Å². The van der Waals surface area contributed by atoms with Gasteiger partial charge in [0.25, 0.3) is 0 Å². The van der Waals surface area contributed by atoms with Crippen LogP contribution in [0.3, 0.4) is 0 Å². The zero-order valence-electron chi connectivity index (χ0n) is 83.7. The van der Waals surface area contributed by atoms with Crippen molar-refractivity contribution < 1.29 is 0 Å². The SMILES string of the molecule is CC(C)c1cccc(C(C)C)c1N1[Si](C#CCCc2ccccc2)(C#CCCc2ccccc2)N(c2c(C(C)C)cccc2C(C)C)[Si]1(C#CCCc1ccccc1)C#CCCc1ccccc1.CC(C)c1cccc(C(C)C)c1N1[Si](C#CCCc2ccccc2)(C#CCCc2ccccc2)N(c2c(C(C)C)cccc2C(C)C)[Si]1(C#CCCc1ccccc1)C#CCCc1ccccc1. The zero-order valence-corrected chi connectivity index (χ0v) is 87.7. The molecule has 136 heavy (non-hydrogen) atoms. The number of aryl methyl sites for hydroxylation is 8. The van der Waals surface area contributed by atoms with Crippen LogP contribution in [0.2, 0.25) is 0 Å². The lowest BCUT2D eigenvalue weighted by atomic mass is 9.93. The van der Waals surface area contributed by atoms with Gasteiger partial charge < -0.3 is 16.9 Å². The molecule has 2 aliphatic heterocycles. The van der Waals surface area contributed by atoms with Crippen LogP contribution in [-0.2, 0) is 51.4 Å². The lowest BCUT2D eigenvalue weighted by molar-refractivity contribution is 0.826. The third-order valence-corrected chi connectivity index (χ3v) is 44.9. The molecule has 0 radical (unpaired) electrons. The molecule has 4 nitrogen and oxygen atoms in total. The van der Waals surface area contributed by atoms with E-state index in [1.54, 1.807) is 0 Å². The Bertz CT molecular complexity index is 5300. The maximum absolute atomic E-state index is 4.22. The summed E-state index contributed by atoms with van der Waals surface area (Å²) in [7, 11) is -13.8. The van der Waals surface area contributed by atoms with Crippen molar-refractivity contribution >= 4 is 56.3 Å². The predicted molar refractivity (Wildman–Crippen MR) is 592 cm³/mol. The van der Waals surface area contributed by atoms with Gasteiger partial charge in [0, 0.05) is 74.1 Å². The Hall–Kier alpha value is -12.8. The molecule has 2 fully saturated rings. The molecule has 0 aromatic heterocycles. The smallest absolute Gasteiger partial charge is 0.353 e. The molecule has 0 atom stereocenters. The Kier molecular flexibility index (Phi) is 36.3. The van der Waals surface area contributed by atoms with Crippen molar-refractivity contribution in [2.75, 3.05) is 16.9 Å². The second-order valence-corrected chi connectivity index (χ2v) is 51.5. The Morgan fingerprint density at radius 2 is 0.265 bits per heavy atom. The summed E-state index contributed by atoms with van der Waals surface area (Å²) >= 11 is 0. The van der Waals surface area contributed by atoms with E-state index in [4.69, 9.17) is 0 Å². The predicted octanol–water partition coefficient (Wildman–Crippen LogP) is 30.2. The second kappa shape index (κ2) is 49.1. The molecular formula is C128H140N4Si4. The molecule has 0 amide bonds. The first-order chi connectivity index (χ1) is 66.1. The van der Waals surface area contributed by atoms with Crippen molar-refractivity contribution in [1.82, 2.24) is 0 Å². The van der Waals surface area contributed by atoms with Gasteiger partial charge in [0.1, 0.15) is 0 Å². The van der Waals surface area contributed by atoms with E-state index < -0.39 is 33.6 Å². The summed E-state index contributed by atoms with van der Waals surface area (Å²) < 4.78 is 11.2. The van der Waals surface area contributed by atoms with Crippen molar-refractivity contribution in [2.24, 2.45) is 0 Å². The quantitative estimate of drug-likeness (QED) is 0.0358. The average Bonchev–Trinajstić information content (AvgIpc) is 0.665. The van der Waals surface area contributed by atoms with Crippen LogP contribution in [0.4, 0.5) is 22.7 Å². The highest BCUT2D eigenvalue weighted by molar-refractivity contribution is 7.33. The van der Waals surface area contributed by atoms with Crippen LogP contribution >= 0.6 is 0 Å². The minimum atomic E-state index is -3.45. The molecule has 0 bridgehead atoms. The molecule has 688 valence electrons. The van der Waals surface area contributed by atoms with Crippen LogP contribution < -0.4 is 16.9 Å². The van der Waals surface area contributed by atoms with Gasteiger partial charge in [-0.2, -0.15) is 0 Å². The highest BCUT2D eigenvalue weighted by Gasteiger charge is 2.75. The fraction of sp³-hybridized carbons (Fsp3) is 0.312. The Morgan fingerprint density at radius 3 is 0.368 bits per heavy atom. The Morgan fingerprint density at radius 1 is 0.154 bits per heavy atom. The van der Waals surface area contributed by atoms with E-state index in [0.717, 1.165) is 103 Å². The van der Waals surface area contributed by atoms with Crippen molar-refractivity contribution in [3.05, 3.63) is 404 Å². The van der Waals surface area contributed by atoms with Crippen molar-refractivity contribution in [2.45, 2.75) is 261 Å². The molecule has 2 aliphatic rings. The Labute approximate surface area is 824 Å². The third kappa shape index (κ3) is 24.5. The molecule has 2 saturated heterocycles. The van der Waals surface area contributed by atoms with Crippen LogP contribution in [0.1, 0.15) is 299 Å². The number of hydrogen-bond acceptors (Lipinski definition) is 4. The number of rotatable bonds is 28. The number of benzene rings is 12. The van der Waals surface area contributed by atoms with Gasteiger partial charge in [0.2, 0.25) is 0 Å². The van der Waals surface area contributed by atoms with Crippen molar-refractivity contribution in [3.8, 4) is 91.7 Å². The lowest BCUT2D eigenvalue weighted by Crippen LogP contribution is -2.95. The zero-order chi connectivity index (χ0) is 95.9. The summed E-state index contributed by atoms with van der Waals surface area (Å²) in [5, 5.41) is 0. The first kappa shape index (κ1) is 101. The number of hydrogen-bond donors (Lipinski definition) is 0. The van der Waals surface area contributed by atoms with Gasteiger partial charge >= 0.3 is 33.6 Å². The van der Waals surface area contributed by atoms with E-state index in [1.807, 2.05) is 0 Å². The third-order valence-electron chi connectivity index (χ3n) is 26.0. The average molecular weight is 1850 g/mol. The van der Waals surface area contributed by atoms with Gasteiger partial charge in [0.05, 0.1) is 0 Å². The topological polar surface area (TPSA) is 13.0 Å². The maximum atomic E-state index is 4.22. The monoisotopic (exact) mass is 1850 g/mol. The Balaban J connectivity index is 0.000000230. The molecule has 0 unspecified atom stereocenters. The molecule has 14 rings (SSSR count). The molecule has 2 heterocycles. The largest absolute Gasteiger partial charge is 0.420 e. The molecule has 0 saturated carbocycles. The standard InChI is InChI=1S/2C64H70N2Si2/c2*1-51(2)59-43-29-44-60(52(3)4)63(59)65-67(47-25-21-39-55-31-13-9-14-32-55,48-26-22-40-56-33-15-10-16-34-56)66(64-61(53(5)6)45-30-46-62(64)54(7)8)68(65,49-27-23-41-57-35-17-11-18-36-57)50-28-24-42-58-37-19-12-20-38-58/h2*9-20,29-38,43-46,51-54H,21-24,39-42H2,1-8H3. The van der Waals surface area contributed by atoms with Gasteiger partial charge in [-0.15, -0.1) is 47.4 Å². The van der Waals surface area contributed by atoms with Crippen LogP contribution in [-0.4, -0.2) is 33.6 Å². The van der Waals surface area contributed by atoms with Crippen LogP contribution in [0.15, 0.2) is 315 Å². The minimum absolute atomic E-state index is 0.250. The first-order valence-electron chi connectivity index (χ1n) is 50.1. The highest BCUT2D eigenvalue weighted by Crippen LogP contribution is 2.55. The van der Waals surface area contributed by atoms with Gasteiger partial charge in [-0.1, -0.05) is 471 Å². The maximum Gasteiger partial charge on any atom is 0.420 e. The summed E-state index contributed by atoms with van der Waals surface area (Å²) in [5.74, 6) is 33.2. The molecule has 12 aromatic carbocycles. The van der Waals surface area contributed by atoms with Gasteiger partial charge in [0.15, 0.2) is 0 Å². The van der Waals surface area contributed by atoms with E-state index in [2.05, 4.69) is 535 Å². The number of anilines is 4. The molecule has 0 aliphatic carbocycles. The second-order valence-electron chi connectivity index (χ2n) is 38.7. The number of para-hydroxylation sites is 4. The van der Waals surface area contributed by atoms with Crippen LogP contribution in [0, 0.1) is 91.7 Å². The molecule has 0 N–H and O–H groups in total. The number of nitrogens with zero attached hydrogens (tertiary/aromatic N) is 4. The fourth-order valence-electron chi connectivity index (χ4n) is 18.9. The lowest BCUT2D eigenvalue weighted by Gasteiger charge is -2.65. The van der Waals surface area contributed by atoms with Crippen LogP contribution in [0.25, 0.3) is 0 Å². The van der Waals surface area contributed by atoms with E-state index >= 15 is 0 Å².